The number of nitrogens with one attached hydrogen (secondary N) is 2. The monoisotopic (exact) mass is 454 g/mol. The van der Waals surface area contributed by atoms with Crippen LogP contribution in [0.3, 0.4) is 0 Å². The minimum absolute atomic E-state index is 0.0491. The van der Waals surface area contributed by atoms with Crippen molar-refractivity contribution in [2.45, 2.75) is 31.2 Å². The van der Waals surface area contributed by atoms with Crippen molar-refractivity contribution in [3.63, 3.8) is 0 Å². The summed E-state index contributed by atoms with van der Waals surface area (Å²) in [5.41, 5.74) is 3.42. The van der Waals surface area contributed by atoms with Gasteiger partial charge in [0.25, 0.3) is 0 Å². The molecule has 0 fully saturated rings. The van der Waals surface area contributed by atoms with E-state index in [9.17, 15) is 4.79 Å². The van der Waals surface area contributed by atoms with Gasteiger partial charge < -0.3 is 15.1 Å². The van der Waals surface area contributed by atoms with Crippen molar-refractivity contribution < 1.29 is 9.21 Å². The highest BCUT2D eigenvalue weighted by Gasteiger charge is 2.15. The van der Waals surface area contributed by atoms with Gasteiger partial charge in [-0.2, -0.15) is 5.10 Å². The fraction of sp³-hybridized carbons (Fsp3) is 0.238. The minimum Gasteiger partial charge on any atom is -0.467 e. The van der Waals surface area contributed by atoms with E-state index in [2.05, 4.69) is 25.9 Å². The standard InChI is InChI=1S/C21H22N6O2S2/c1-14-19(15(2)27(26-14)16-7-4-3-5-8-16)23-18(28)10-12-30-21-25-24-20(31-21)22-13-17-9-6-11-29-17/h3-9,11H,10,12-13H2,1-2H3,(H,22,24)(H,23,28). The van der Waals surface area contributed by atoms with E-state index in [1.807, 2.05) is 61.0 Å². The van der Waals surface area contributed by atoms with E-state index in [-0.39, 0.29) is 5.91 Å². The number of benzene rings is 1. The van der Waals surface area contributed by atoms with E-state index in [1.54, 1.807) is 6.26 Å². The van der Waals surface area contributed by atoms with Crippen LogP contribution in [0.4, 0.5) is 10.8 Å². The lowest BCUT2D eigenvalue weighted by Crippen LogP contribution is -2.13. The van der Waals surface area contributed by atoms with E-state index in [0.717, 1.165) is 38.0 Å². The van der Waals surface area contributed by atoms with Gasteiger partial charge >= 0.3 is 0 Å². The molecule has 31 heavy (non-hydrogen) atoms. The molecule has 0 spiro atoms. The van der Waals surface area contributed by atoms with E-state index in [1.165, 1.54) is 23.1 Å². The Morgan fingerprint density at radius 1 is 1.16 bits per heavy atom. The number of nitrogens with zero attached hydrogens (tertiary/aromatic N) is 4. The third-order valence-corrected chi connectivity index (χ3v) is 6.53. The van der Waals surface area contributed by atoms with E-state index in [0.29, 0.717) is 18.7 Å². The molecule has 4 aromatic rings. The Morgan fingerprint density at radius 2 is 2.00 bits per heavy atom. The summed E-state index contributed by atoms with van der Waals surface area (Å²) in [6.07, 6.45) is 2.01. The smallest absolute Gasteiger partial charge is 0.225 e. The summed E-state index contributed by atoms with van der Waals surface area (Å²) in [4.78, 5) is 12.5. The zero-order valence-electron chi connectivity index (χ0n) is 17.2. The highest BCUT2D eigenvalue weighted by Crippen LogP contribution is 2.27. The number of carbonyl (C=O) groups excluding carboxylic acids is 1. The minimum atomic E-state index is -0.0491. The molecule has 3 heterocycles. The molecule has 4 rings (SSSR count). The maximum Gasteiger partial charge on any atom is 0.225 e. The van der Waals surface area contributed by atoms with Gasteiger partial charge in [-0.15, -0.1) is 10.2 Å². The number of anilines is 2. The van der Waals surface area contributed by atoms with Crippen molar-refractivity contribution in [2.75, 3.05) is 16.4 Å². The number of thioether (sulfide) groups is 1. The Bertz CT molecular complexity index is 1140. The molecule has 0 bridgehead atoms. The van der Waals surface area contributed by atoms with Gasteiger partial charge in [0.2, 0.25) is 11.0 Å². The summed E-state index contributed by atoms with van der Waals surface area (Å²) in [6.45, 7) is 4.41. The van der Waals surface area contributed by atoms with Gasteiger partial charge in [0, 0.05) is 12.2 Å². The number of aryl methyl sites for hydroxylation is 1. The number of rotatable bonds is 9. The first kappa shape index (κ1) is 21.1. The molecule has 0 saturated heterocycles. The average Bonchev–Trinajstić information content (AvgIpc) is 3.51. The molecule has 0 atom stereocenters. The van der Waals surface area contributed by atoms with Gasteiger partial charge in [-0.05, 0) is 38.1 Å². The highest BCUT2D eigenvalue weighted by molar-refractivity contribution is 8.01. The average molecular weight is 455 g/mol. The lowest BCUT2D eigenvalue weighted by atomic mass is 10.3. The lowest BCUT2D eigenvalue weighted by Gasteiger charge is -2.07. The molecule has 0 aliphatic carbocycles. The third kappa shape index (κ3) is 5.33. The van der Waals surface area contributed by atoms with Crippen molar-refractivity contribution in [1.29, 1.82) is 0 Å². The Hall–Kier alpha value is -3.11. The predicted octanol–water partition coefficient (Wildman–Crippen LogP) is 4.67. The molecule has 2 N–H and O–H groups in total. The number of aromatic nitrogens is 4. The van der Waals surface area contributed by atoms with Crippen LogP contribution in [-0.2, 0) is 11.3 Å². The Balaban J connectivity index is 1.27. The molecule has 1 amide bonds. The molecule has 10 heteroatoms. The summed E-state index contributed by atoms with van der Waals surface area (Å²) in [6, 6.07) is 13.6. The predicted molar refractivity (Wildman–Crippen MR) is 123 cm³/mol. The zero-order chi connectivity index (χ0) is 21.6. The Morgan fingerprint density at radius 3 is 2.77 bits per heavy atom. The molecule has 0 aliphatic heterocycles. The van der Waals surface area contributed by atoms with Crippen molar-refractivity contribution in [3.05, 3.63) is 65.9 Å². The fourth-order valence-electron chi connectivity index (χ4n) is 2.99. The van der Waals surface area contributed by atoms with E-state index < -0.39 is 0 Å². The number of hydrogen-bond donors (Lipinski definition) is 2. The zero-order valence-corrected chi connectivity index (χ0v) is 18.8. The number of furan rings is 1. The molecule has 3 aromatic heterocycles. The number of para-hydroxylation sites is 1. The maximum absolute atomic E-state index is 12.5. The largest absolute Gasteiger partial charge is 0.467 e. The third-order valence-electron chi connectivity index (χ3n) is 4.51. The van der Waals surface area contributed by atoms with Gasteiger partial charge in [-0.25, -0.2) is 4.68 Å². The van der Waals surface area contributed by atoms with Crippen LogP contribution in [0.15, 0.2) is 57.5 Å². The lowest BCUT2D eigenvalue weighted by molar-refractivity contribution is -0.115. The summed E-state index contributed by atoms with van der Waals surface area (Å²) in [5.74, 6) is 1.40. The molecule has 0 aliphatic rings. The molecule has 0 saturated carbocycles. The maximum atomic E-state index is 12.5. The number of hydrogen-bond acceptors (Lipinski definition) is 8. The summed E-state index contributed by atoms with van der Waals surface area (Å²) in [5, 5.41) is 19.7. The molecule has 0 radical (unpaired) electrons. The molecule has 0 unspecified atom stereocenters. The molecular formula is C21H22N6O2S2. The Labute approximate surface area is 188 Å². The van der Waals surface area contributed by atoms with Gasteiger partial charge in [-0.3, -0.25) is 4.79 Å². The fourth-order valence-corrected chi connectivity index (χ4v) is 4.75. The van der Waals surface area contributed by atoms with Crippen LogP contribution in [0.2, 0.25) is 0 Å². The molecule has 160 valence electrons. The van der Waals surface area contributed by atoms with Crippen molar-refractivity contribution in [1.82, 2.24) is 20.0 Å². The molecule has 8 nitrogen and oxygen atoms in total. The summed E-state index contributed by atoms with van der Waals surface area (Å²) < 4.78 is 7.95. The number of amides is 1. The van der Waals surface area contributed by atoms with Crippen LogP contribution in [0, 0.1) is 13.8 Å². The molecular weight excluding hydrogens is 432 g/mol. The van der Waals surface area contributed by atoms with Crippen LogP contribution < -0.4 is 10.6 Å². The van der Waals surface area contributed by atoms with Crippen LogP contribution >= 0.6 is 23.1 Å². The van der Waals surface area contributed by atoms with Gasteiger partial charge in [0.15, 0.2) is 4.34 Å². The van der Waals surface area contributed by atoms with Crippen LogP contribution in [0.1, 0.15) is 23.6 Å². The number of carbonyl (C=O) groups is 1. The van der Waals surface area contributed by atoms with Gasteiger partial charge in [0.05, 0.1) is 35.6 Å². The second-order valence-corrected chi connectivity index (χ2v) is 9.07. The summed E-state index contributed by atoms with van der Waals surface area (Å²) in [7, 11) is 0. The summed E-state index contributed by atoms with van der Waals surface area (Å²) >= 11 is 2.97. The van der Waals surface area contributed by atoms with Gasteiger partial charge in [0.1, 0.15) is 5.76 Å². The highest BCUT2D eigenvalue weighted by atomic mass is 32.2. The molecule has 1 aromatic carbocycles. The quantitative estimate of drug-likeness (QED) is 0.355. The van der Waals surface area contributed by atoms with Crippen LogP contribution in [0.25, 0.3) is 5.69 Å². The first-order chi connectivity index (χ1) is 15.1. The first-order valence-electron chi connectivity index (χ1n) is 9.74. The SMILES string of the molecule is Cc1nn(-c2ccccc2)c(C)c1NC(=O)CCSc1nnc(NCc2ccco2)s1. The normalized spacial score (nSPS) is 10.9. The van der Waals surface area contributed by atoms with Crippen molar-refractivity contribution >= 4 is 39.8 Å². The van der Waals surface area contributed by atoms with Gasteiger partial charge in [-0.1, -0.05) is 41.3 Å². The van der Waals surface area contributed by atoms with Crippen LogP contribution in [-0.4, -0.2) is 31.6 Å². The second kappa shape index (κ2) is 9.80. The van der Waals surface area contributed by atoms with E-state index in [4.69, 9.17) is 4.42 Å². The second-order valence-electron chi connectivity index (χ2n) is 6.75. The first-order valence-corrected chi connectivity index (χ1v) is 11.5. The van der Waals surface area contributed by atoms with E-state index >= 15 is 0 Å². The topological polar surface area (TPSA) is 97.9 Å². The van der Waals surface area contributed by atoms with Crippen LogP contribution in [0.5, 0.6) is 0 Å². The van der Waals surface area contributed by atoms with Crippen molar-refractivity contribution in [2.24, 2.45) is 0 Å². The van der Waals surface area contributed by atoms with Crippen molar-refractivity contribution in [3.8, 4) is 5.69 Å². The Kier molecular flexibility index (Phi) is 6.68.